The Labute approximate surface area is 122 Å². The Balaban J connectivity index is 1.89. The summed E-state index contributed by atoms with van der Waals surface area (Å²) in [6.07, 6.45) is 0.669. The normalized spacial score (nSPS) is 21.0. The van der Waals surface area contributed by atoms with Gasteiger partial charge >= 0.3 is 5.63 Å². The highest BCUT2D eigenvalue weighted by Crippen LogP contribution is 2.26. The lowest BCUT2D eigenvalue weighted by Gasteiger charge is -2.18. The summed E-state index contributed by atoms with van der Waals surface area (Å²) < 4.78 is 5.13. The molecule has 1 aliphatic heterocycles. The molecule has 0 radical (unpaired) electrons. The summed E-state index contributed by atoms with van der Waals surface area (Å²) in [5.74, 6) is 0.374. The molecule has 0 saturated carbocycles. The first-order valence-corrected chi connectivity index (χ1v) is 7.19. The SMILES string of the molecule is CC(O)C1CCN(Cc2cc(=O)oc3cc(O)ccc23)C1. The molecule has 0 aliphatic carbocycles. The zero-order chi connectivity index (χ0) is 15.0. The number of fused-ring (bicyclic) bond motifs is 1. The van der Waals surface area contributed by atoms with E-state index in [9.17, 15) is 15.0 Å². The molecule has 1 aromatic carbocycles. The van der Waals surface area contributed by atoms with E-state index in [4.69, 9.17) is 4.42 Å². The first-order chi connectivity index (χ1) is 10.0. The molecule has 5 heteroatoms. The zero-order valence-electron chi connectivity index (χ0n) is 12.0. The van der Waals surface area contributed by atoms with Gasteiger partial charge in [0.2, 0.25) is 0 Å². The summed E-state index contributed by atoms with van der Waals surface area (Å²) >= 11 is 0. The van der Waals surface area contributed by atoms with Gasteiger partial charge in [-0.05, 0) is 43.5 Å². The number of hydrogen-bond donors (Lipinski definition) is 2. The molecule has 1 saturated heterocycles. The zero-order valence-corrected chi connectivity index (χ0v) is 12.0. The molecule has 5 nitrogen and oxygen atoms in total. The Morgan fingerprint density at radius 1 is 1.43 bits per heavy atom. The van der Waals surface area contributed by atoms with Crippen LogP contribution in [0, 0.1) is 5.92 Å². The van der Waals surface area contributed by atoms with E-state index in [2.05, 4.69) is 4.90 Å². The number of phenols is 1. The lowest BCUT2D eigenvalue weighted by atomic mass is 10.0. The smallest absolute Gasteiger partial charge is 0.336 e. The van der Waals surface area contributed by atoms with Crippen molar-refractivity contribution >= 4 is 11.0 Å². The molecule has 1 fully saturated rings. The van der Waals surface area contributed by atoms with Gasteiger partial charge in [0.1, 0.15) is 11.3 Å². The van der Waals surface area contributed by atoms with Crippen molar-refractivity contribution in [2.24, 2.45) is 5.92 Å². The van der Waals surface area contributed by atoms with Crippen molar-refractivity contribution in [2.45, 2.75) is 26.0 Å². The third-order valence-electron chi connectivity index (χ3n) is 4.20. The predicted molar refractivity (Wildman–Crippen MR) is 79.2 cm³/mol. The molecule has 0 amide bonds. The molecular formula is C16H19NO4. The van der Waals surface area contributed by atoms with Gasteiger partial charge in [-0.1, -0.05) is 0 Å². The molecule has 2 aromatic rings. The van der Waals surface area contributed by atoms with Gasteiger partial charge in [-0.15, -0.1) is 0 Å². The summed E-state index contributed by atoms with van der Waals surface area (Å²) in [6, 6.07) is 6.33. The molecule has 2 atom stereocenters. The largest absolute Gasteiger partial charge is 0.508 e. The van der Waals surface area contributed by atoms with Gasteiger partial charge in [-0.2, -0.15) is 0 Å². The molecule has 2 N–H and O–H groups in total. The van der Waals surface area contributed by atoms with Gasteiger partial charge in [0, 0.05) is 30.6 Å². The fourth-order valence-electron chi connectivity index (χ4n) is 2.99. The minimum absolute atomic E-state index is 0.0816. The van der Waals surface area contributed by atoms with Crippen LogP contribution in [0.2, 0.25) is 0 Å². The van der Waals surface area contributed by atoms with E-state index in [0.29, 0.717) is 18.0 Å². The minimum Gasteiger partial charge on any atom is -0.508 e. The summed E-state index contributed by atoms with van der Waals surface area (Å²) in [7, 11) is 0. The molecule has 1 aromatic heterocycles. The maximum Gasteiger partial charge on any atom is 0.336 e. The van der Waals surface area contributed by atoms with E-state index in [1.165, 1.54) is 12.1 Å². The monoisotopic (exact) mass is 289 g/mol. The van der Waals surface area contributed by atoms with Crippen LogP contribution < -0.4 is 5.63 Å². The number of likely N-dealkylation sites (tertiary alicyclic amines) is 1. The Morgan fingerprint density at radius 2 is 2.24 bits per heavy atom. The van der Waals surface area contributed by atoms with Crippen molar-refractivity contribution in [1.82, 2.24) is 4.90 Å². The molecule has 1 aliphatic rings. The summed E-state index contributed by atoms with van der Waals surface area (Å²) in [5, 5.41) is 20.0. The van der Waals surface area contributed by atoms with Crippen molar-refractivity contribution in [3.05, 3.63) is 40.2 Å². The van der Waals surface area contributed by atoms with Crippen LogP contribution >= 0.6 is 0 Å². The Kier molecular flexibility index (Phi) is 3.69. The lowest BCUT2D eigenvalue weighted by molar-refractivity contribution is 0.127. The van der Waals surface area contributed by atoms with Gasteiger partial charge in [0.15, 0.2) is 0 Å². The van der Waals surface area contributed by atoms with E-state index in [-0.39, 0.29) is 11.9 Å². The van der Waals surface area contributed by atoms with Crippen molar-refractivity contribution in [1.29, 1.82) is 0 Å². The van der Waals surface area contributed by atoms with E-state index in [1.807, 2.05) is 6.92 Å². The van der Waals surface area contributed by atoms with Gasteiger partial charge in [0.05, 0.1) is 6.10 Å². The first-order valence-electron chi connectivity index (χ1n) is 7.19. The number of aromatic hydroxyl groups is 1. The van der Waals surface area contributed by atoms with Crippen molar-refractivity contribution in [3.63, 3.8) is 0 Å². The second kappa shape index (κ2) is 5.50. The highest BCUT2D eigenvalue weighted by Gasteiger charge is 2.26. The summed E-state index contributed by atoms with van der Waals surface area (Å²) in [6.45, 7) is 4.21. The van der Waals surface area contributed by atoms with Gasteiger partial charge in [-0.25, -0.2) is 4.79 Å². The topological polar surface area (TPSA) is 73.9 Å². The van der Waals surface area contributed by atoms with Crippen LogP contribution in [0.25, 0.3) is 11.0 Å². The van der Waals surface area contributed by atoms with Crippen LogP contribution in [0.4, 0.5) is 0 Å². The van der Waals surface area contributed by atoms with Crippen molar-refractivity contribution < 1.29 is 14.6 Å². The molecule has 2 unspecified atom stereocenters. The molecule has 3 rings (SSSR count). The third kappa shape index (κ3) is 2.94. The average molecular weight is 289 g/mol. The molecule has 21 heavy (non-hydrogen) atoms. The van der Waals surface area contributed by atoms with E-state index < -0.39 is 5.63 Å². The Hall–Kier alpha value is -1.85. The number of aliphatic hydroxyl groups is 1. The molecule has 0 bridgehead atoms. The van der Waals surface area contributed by atoms with Crippen LogP contribution in [0.1, 0.15) is 18.9 Å². The lowest BCUT2D eigenvalue weighted by Crippen LogP contribution is -2.24. The van der Waals surface area contributed by atoms with E-state index in [1.54, 1.807) is 12.1 Å². The van der Waals surface area contributed by atoms with Crippen LogP contribution in [0.5, 0.6) is 5.75 Å². The second-order valence-corrected chi connectivity index (χ2v) is 5.80. The van der Waals surface area contributed by atoms with Crippen LogP contribution in [0.15, 0.2) is 33.5 Å². The number of aliphatic hydroxyl groups excluding tert-OH is 1. The highest BCUT2D eigenvalue weighted by atomic mass is 16.4. The Bertz CT molecular complexity index is 707. The van der Waals surface area contributed by atoms with E-state index >= 15 is 0 Å². The third-order valence-corrected chi connectivity index (χ3v) is 4.20. The number of hydrogen-bond acceptors (Lipinski definition) is 5. The molecule has 112 valence electrons. The number of rotatable bonds is 3. The molecule has 2 heterocycles. The van der Waals surface area contributed by atoms with Crippen LogP contribution in [0.3, 0.4) is 0 Å². The van der Waals surface area contributed by atoms with Crippen molar-refractivity contribution in [2.75, 3.05) is 13.1 Å². The summed E-state index contributed by atoms with van der Waals surface area (Å²) in [4.78, 5) is 13.9. The van der Waals surface area contributed by atoms with Crippen LogP contribution in [-0.4, -0.2) is 34.3 Å². The van der Waals surface area contributed by atoms with Gasteiger partial charge in [-0.3, -0.25) is 4.90 Å². The molecular weight excluding hydrogens is 270 g/mol. The fraction of sp³-hybridized carbons (Fsp3) is 0.438. The summed E-state index contributed by atoms with van der Waals surface area (Å²) in [5.41, 5.74) is 0.894. The standard InChI is InChI=1S/C16H19NO4/c1-10(18)11-4-5-17(8-11)9-12-6-16(20)21-15-7-13(19)2-3-14(12)15/h2-3,6-7,10-11,18-19H,4-5,8-9H2,1H3. The molecule has 0 spiro atoms. The Morgan fingerprint density at radius 3 is 2.95 bits per heavy atom. The van der Waals surface area contributed by atoms with Crippen molar-refractivity contribution in [3.8, 4) is 5.75 Å². The fourth-order valence-corrected chi connectivity index (χ4v) is 2.99. The van der Waals surface area contributed by atoms with E-state index in [0.717, 1.165) is 30.5 Å². The predicted octanol–water partition coefficient (Wildman–Crippen LogP) is 1.70. The quantitative estimate of drug-likeness (QED) is 0.841. The second-order valence-electron chi connectivity index (χ2n) is 5.80. The van der Waals surface area contributed by atoms with Gasteiger partial charge in [0.25, 0.3) is 0 Å². The minimum atomic E-state index is -0.408. The van der Waals surface area contributed by atoms with Crippen LogP contribution in [-0.2, 0) is 6.54 Å². The highest BCUT2D eigenvalue weighted by molar-refractivity contribution is 5.81. The maximum atomic E-state index is 11.7. The number of benzene rings is 1. The average Bonchev–Trinajstić information content (AvgIpc) is 2.86. The number of phenolic OH excluding ortho intramolecular Hbond substituents is 1. The number of nitrogens with zero attached hydrogens (tertiary/aromatic N) is 1. The first kappa shape index (κ1) is 14.1. The van der Waals surface area contributed by atoms with Gasteiger partial charge < -0.3 is 14.6 Å². The maximum absolute atomic E-state index is 11.7.